The molecule has 0 spiro atoms. The van der Waals surface area contributed by atoms with Crippen molar-refractivity contribution in [1.82, 2.24) is 0 Å². The lowest BCUT2D eigenvalue weighted by Crippen LogP contribution is -2.43. The normalized spacial score (nSPS) is 26.9. The minimum Gasteiger partial charge on any atom is -0.413 e. The lowest BCUT2D eigenvalue weighted by molar-refractivity contribution is 0.0693. The maximum Gasteiger partial charge on any atom is 0.192 e. The van der Waals surface area contributed by atoms with Crippen LogP contribution >= 0.6 is 0 Å². The van der Waals surface area contributed by atoms with Crippen molar-refractivity contribution in [3.63, 3.8) is 0 Å². The quantitative estimate of drug-likeness (QED) is 0.613. The first kappa shape index (κ1) is 14.9. The van der Waals surface area contributed by atoms with Crippen molar-refractivity contribution < 1.29 is 9.53 Å². The fourth-order valence-electron chi connectivity index (χ4n) is 1.79. The van der Waals surface area contributed by atoms with Gasteiger partial charge in [0.1, 0.15) is 0 Å². The van der Waals surface area contributed by atoms with E-state index in [9.17, 15) is 5.11 Å². The smallest absolute Gasteiger partial charge is 0.192 e. The number of rotatable bonds is 3. The summed E-state index contributed by atoms with van der Waals surface area (Å²) in [6.07, 6.45) is 5.18. The van der Waals surface area contributed by atoms with Crippen LogP contribution in [-0.2, 0) is 4.43 Å². The molecule has 0 bridgehead atoms. The summed E-state index contributed by atoms with van der Waals surface area (Å²) in [5.41, 5.74) is 0.425. The van der Waals surface area contributed by atoms with E-state index in [-0.39, 0.29) is 5.04 Å². The Bertz CT molecular complexity index is 298. The summed E-state index contributed by atoms with van der Waals surface area (Å²) in [4.78, 5) is 0. The van der Waals surface area contributed by atoms with Crippen LogP contribution in [0.15, 0.2) is 11.6 Å². The van der Waals surface area contributed by atoms with E-state index < -0.39 is 13.9 Å². The lowest BCUT2D eigenvalue weighted by atomic mass is 9.85. The number of allylic oxidation sites excluding steroid dienone is 1. The highest BCUT2D eigenvalue weighted by Gasteiger charge is 2.38. The summed E-state index contributed by atoms with van der Waals surface area (Å²) in [5.74, 6) is 0. The topological polar surface area (TPSA) is 29.5 Å². The van der Waals surface area contributed by atoms with Gasteiger partial charge in [-0.15, -0.1) is 0 Å². The third-order valence-corrected chi connectivity index (χ3v) is 8.82. The Morgan fingerprint density at radius 1 is 1.41 bits per heavy atom. The molecule has 1 rings (SSSR count). The molecule has 2 nitrogen and oxygen atoms in total. The standard InChI is InChI=1S/C14H28O2Si/c1-13(2,3)17(5,6)16-11-12-9-7-8-10-14(12,4)15/h9,15H,7-8,10-11H2,1-6H3/t14-/m0/s1. The second kappa shape index (κ2) is 4.86. The molecule has 0 saturated heterocycles. The van der Waals surface area contributed by atoms with E-state index in [4.69, 9.17) is 4.43 Å². The van der Waals surface area contributed by atoms with Crippen LogP contribution in [0.1, 0.15) is 47.0 Å². The maximum absolute atomic E-state index is 10.3. The molecule has 0 aromatic rings. The first-order valence-electron chi connectivity index (χ1n) is 6.62. The molecule has 1 aliphatic rings. The van der Waals surface area contributed by atoms with E-state index in [2.05, 4.69) is 39.9 Å². The molecule has 0 unspecified atom stereocenters. The van der Waals surface area contributed by atoms with Gasteiger partial charge in [0.15, 0.2) is 8.32 Å². The van der Waals surface area contributed by atoms with E-state index >= 15 is 0 Å². The highest BCUT2D eigenvalue weighted by molar-refractivity contribution is 6.74. The minimum absolute atomic E-state index is 0.230. The first-order valence-corrected chi connectivity index (χ1v) is 9.53. The molecule has 0 aliphatic heterocycles. The fourth-order valence-corrected chi connectivity index (χ4v) is 2.74. The summed E-state index contributed by atoms with van der Waals surface area (Å²) in [7, 11) is -1.70. The second-order valence-corrected chi connectivity index (χ2v) is 11.8. The van der Waals surface area contributed by atoms with E-state index in [0.717, 1.165) is 24.8 Å². The Morgan fingerprint density at radius 2 is 2.00 bits per heavy atom. The van der Waals surface area contributed by atoms with Crippen LogP contribution in [0.3, 0.4) is 0 Å². The van der Waals surface area contributed by atoms with Gasteiger partial charge in [0.05, 0.1) is 12.2 Å². The molecule has 1 aliphatic carbocycles. The van der Waals surface area contributed by atoms with Gasteiger partial charge in [-0.05, 0) is 49.9 Å². The molecular formula is C14H28O2Si. The molecule has 0 fully saturated rings. The summed E-state index contributed by atoms with van der Waals surface area (Å²) in [5, 5.41) is 10.5. The van der Waals surface area contributed by atoms with E-state index in [1.54, 1.807) is 0 Å². The Hall–Kier alpha value is -0.123. The average molecular weight is 256 g/mol. The average Bonchev–Trinajstić information content (AvgIpc) is 2.13. The minimum atomic E-state index is -1.70. The zero-order valence-electron chi connectivity index (χ0n) is 12.3. The maximum atomic E-state index is 10.3. The molecule has 0 amide bonds. The summed E-state index contributed by atoms with van der Waals surface area (Å²) >= 11 is 0. The van der Waals surface area contributed by atoms with Crippen molar-refractivity contribution in [1.29, 1.82) is 0 Å². The van der Waals surface area contributed by atoms with Crippen molar-refractivity contribution in [2.75, 3.05) is 6.61 Å². The Balaban J connectivity index is 2.65. The highest BCUT2D eigenvalue weighted by Crippen LogP contribution is 2.38. The van der Waals surface area contributed by atoms with E-state index in [1.165, 1.54) is 0 Å². The Kier molecular flexibility index (Phi) is 4.27. The van der Waals surface area contributed by atoms with E-state index in [0.29, 0.717) is 6.61 Å². The molecule has 3 heteroatoms. The Morgan fingerprint density at radius 3 is 2.47 bits per heavy atom. The van der Waals surface area contributed by atoms with Crippen LogP contribution in [0, 0.1) is 0 Å². The predicted molar refractivity (Wildman–Crippen MR) is 75.7 cm³/mol. The molecule has 1 N–H and O–H groups in total. The van der Waals surface area contributed by atoms with Gasteiger partial charge in [0, 0.05) is 0 Å². The highest BCUT2D eigenvalue weighted by atomic mass is 28.4. The van der Waals surface area contributed by atoms with Gasteiger partial charge >= 0.3 is 0 Å². The number of hydrogen-bond acceptors (Lipinski definition) is 2. The molecule has 0 saturated carbocycles. The van der Waals surface area contributed by atoms with Crippen LogP contribution in [0.5, 0.6) is 0 Å². The largest absolute Gasteiger partial charge is 0.413 e. The van der Waals surface area contributed by atoms with Crippen molar-refractivity contribution in [3.8, 4) is 0 Å². The van der Waals surface area contributed by atoms with Crippen LogP contribution in [0.4, 0.5) is 0 Å². The van der Waals surface area contributed by atoms with Gasteiger partial charge in [-0.2, -0.15) is 0 Å². The van der Waals surface area contributed by atoms with Crippen molar-refractivity contribution >= 4 is 8.32 Å². The third kappa shape index (κ3) is 3.67. The van der Waals surface area contributed by atoms with Gasteiger partial charge in [-0.1, -0.05) is 26.8 Å². The zero-order valence-corrected chi connectivity index (χ0v) is 13.3. The van der Waals surface area contributed by atoms with Crippen LogP contribution in [0.25, 0.3) is 0 Å². The molecule has 0 aromatic carbocycles. The van der Waals surface area contributed by atoms with Crippen LogP contribution < -0.4 is 0 Å². The molecule has 100 valence electrons. The van der Waals surface area contributed by atoms with Gasteiger partial charge in [0.25, 0.3) is 0 Å². The fraction of sp³-hybridized carbons (Fsp3) is 0.857. The van der Waals surface area contributed by atoms with Gasteiger partial charge in [-0.25, -0.2) is 0 Å². The predicted octanol–water partition coefficient (Wildman–Crippen LogP) is 3.87. The Labute approximate surface area is 107 Å². The zero-order chi connectivity index (χ0) is 13.3. The monoisotopic (exact) mass is 256 g/mol. The van der Waals surface area contributed by atoms with E-state index in [1.807, 2.05) is 6.92 Å². The molecule has 0 heterocycles. The number of hydrogen-bond donors (Lipinski definition) is 1. The third-order valence-electron chi connectivity index (χ3n) is 4.34. The van der Waals surface area contributed by atoms with Crippen LogP contribution in [-0.4, -0.2) is 25.6 Å². The first-order chi connectivity index (χ1) is 7.56. The molecule has 1 atom stereocenters. The summed E-state index contributed by atoms with van der Waals surface area (Å²) < 4.78 is 6.18. The van der Waals surface area contributed by atoms with Crippen LogP contribution in [0.2, 0.25) is 18.1 Å². The number of aliphatic hydroxyl groups is 1. The second-order valence-electron chi connectivity index (χ2n) is 6.94. The molecule has 17 heavy (non-hydrogen) atoms. The molecule has 0 radical (unpaired) electrons. The van der Waals surface area contributed by atoms with Crippen molar-refractivity contribution in [3.05, 3.63) is 11.6 Å². The summed E-state index contributed by atoms with van der Waals surface area (Å²) in [6, 6.07) is 0. The molecule has 0 aromatic heterocycles. The lowest BCUT2D eigenvalue weighted by Gasteiger charge is -2.38. The summed E-state index contributed by atoms with van der Waals surface area (Å²) in [6.45, 7) is 13.7. The van der Waals surface area contributed by atoms with Crippen molar-refractivity contribution in [2.45, 2.75) is 70.7 Å². The van der Waals surface area contributed by atoms with Gasteiger partial charge in [-0.3, -0.25) is 0 Å². The van der Waals surface area contributed by atoms with Gasteiger partial charge < -0.3 is 9.53 Å². The van der Waals surface area contributed by atoms with Crippen molar-refractivity contribution in [2.24, 2.45) is 0 Å². The SMILES string of the molecule is CC(C)(C)[Si](C)(C)OCC1=CCCC[C@]1(C)O. The van der Waals surface area contributed by atoms with Gasteiger partial charge in [0.2, 0.25) is 0 Å². The molecular weight excluding hydrogens is 228 g/mol.